The van der Waals surface area contributed by atoms with Gasteiger partial charge in [-0.15, -0.1) is 0 Å². The van der Waals surface area contributed by atoms with Crippen molar-refractivity contribution in [3.63, 3.8) is 0 Å². The van der Waals surface area contributed by atoms with Gasteiger partial charge in [0.15, 0.2) is 5.78 Å². The van der Waals surface area contributed by atoms with Gasteiger partial charge in [0.1, 0.15) is 5.75 Å². The molecule has 1 aliphatic rings. The molecule has 0 N–H and O–H groups in total. The van der Waals surface area contributed by atoms with Crippen LogP contribution >= 0.6 is 0 Å². The molecule has 2 heteroatoms. The van der Waals surface area contributed by atoms with Crippen molar-refractivity contribution in [2.75, 3.05) is 6.61 Å². The second kappa shape index (κ2) is 8.08. The van der Waals surface area contributed by atoms with Crippen molar-refractivity contribution >= 4 is 5.78 Å². The SMILES string of the molecule is CCCCCCCCCOc1cccc2c1CCC2=O. The van der Waals surface area contributed by atoms with Gasteiger partial charge < -0.3 is 4.74 Å². The predicted octanol–water partition coefficient (Wildman–Crippen LogP) is 4.94. The van der Waals surface area contributed by atoms with Gasteiger partial charge in [0.25, 0.3) is 0 Å². The standard InChI is InChI=1S/C18H26O2/c1-2-3-4-5-6-7-8-14-20-18-11-9-10-15-16(18)12-13-17(15)19/h9-11H,2-8,12-14H2,1H3. The Morgan fingerprint density at radius 3 is 2.55 bits per heavy atom. The van der Waals surface area contributed by atoms with Crippen LogP contribution in [-0.4, -0.2) is 12.4 Å². The molecule has 1 aromatic rings. The molecule has 0 aromatic heterocycles. The first-order chi connectivity index (χ1) is 9.83. The molecule has 0 bridgehead atoms. The smallest absolute Gasteiger partial charge is 0.163 e. The molecule has 0 unspecified atom stereocenters. The number of ether oxygens (including phenoxy) is 1. The predicted molar refractivity (Wildman–Crippen MR) is 82.6 cm³/mol. The summed E-state index contributed by atoms with van der Waals surface area (Å²) in [4.78, 5) is 11.7. The van der Waals surface area contributed by atoms with E-state index in [1.165, 1.54) is 38.5 Å². The number of carbonyl (C=O) groups is 1. The monoisotopic (exact) mass is 274 g/mol. The Balaban J connectivity index is 1.67. The molecule has 110 valence electrons. The number of hydrogen-bond donors (Lipinski definition) is 0. The summed E-state index contributed by atoms with van der Waals surface area (Å²) in [5.41, 5.74) is 2.00. The third-order valence-corrected chi connectivity index (χ3v) is 4.04. The lowest BCUT2D eigenvalue weighted by Gasteiger charge is -2.10. The zero-order chi connectivity index (χ0) is 14.2. The van der Waals surface area contributed by atoms with E-state index in [2.05, 4.69) is 6.92 Å². The molecule has 0 heterocycles. The second-order valence-electron chi connectivity index (χ2n) is 5.68. The molecule has 0 atom stereocenters. The molecule has 0 fully saturated rings. The first-order valence-electron chi connectivity index (χ1n) is 8.11. The number of Topliss-reactive ketones (excluding diaryl/α,β-unsaturated/α-hetero) is 1. The van der Waals surface area contributed by atoms with Gasteiger partial charge in [-0.3, -0.25) is 4.79 Å². The Kier molecular flexibility index (Phi) is 6.10. The molecule has 0 amide bonds. The molecule has 1 aliphatic carbocycles. The van der Waals surface area contributed by atoms with E-state index in [0.29, 0.717) is 6.42 Å². The Morgan fingerprint density at radius 2 is 1.75 bits per heavy atom. The molecule has 0 radical (unpaired) electrons. The van der Waals surface area contributed by atoms with Crippen LogP contribution < -0.4 is 4.74 Å². The zero-order valence-corrected chi connectivity index (χ0v) is 12.6. The average Bonchev–Trinajstić information content (AvgIpc) is 2.84. The van der Waals surface area contributed by atoms with E-state index in [4.69, 9.17) is 4.74 Å². The summed E-state index contributed by atoms with van der Waals surface area (Å²) >= 11 is 0. The number of benzene rings is 1. The highest BCUT2D eigenvalue weighted by atomic mass is 16.5. The van der Waals surface area contributed by atoms with E-state index in [0.717, 1.165) is 36.3 Å². The van der Waals surface area contributed by atoms with Crippen molar-refractivity contribution in [2.24, 2.45) is 0 Å². The van der Waals surface area contributed by atoms with Crippen molar-refractivity contribution in [2.45, 2.75) is 64.7 Å². The lowest BCUT2D eigenvalue weighted by molar-refractivity contribution is 0.0994. The highest BCUT2D eigenvalue weighted by Gasteiger charge is 2.22. The maximum absolute atomic E-state index is 11.7. The van der Waals surface area contributed by atoms with Crippen molar-refractivity contribution in [3.05, 3.63) is 29.3 Å². The van der Waals surface area contributed by atoms with Crippen LogP contribution in [0, 0.1) is 0 Å². The Morgan fingerprint density at radius 1 is 1.00 bits per heavy atom. The van der Waals surface area contributed by atoms with Gasteiger partial charge in [-0.2, -0.15) is 0 Å². The van der Waals surface area contributed by atoms with Crippen LogP contribution in [0.25, 0.3) is 0 Å². The number of carbonyl (C=O) groups excluding carboxylic acids is 1. The third kappa shape index (κ3) is 4.09. The van der Waals surface area contributed by atoms with Crippen LogP contribution in [0.5, 0.6) is 5.75 Å². The minimum absolute atomic E-state index is 0.265. The molecule has 1 aromatic carbocycles. The highest BCUT2D eigenvalue weighted by molar-refractivity contribution is 6.01. The fourth-order valence-electron chi connectivity index (χ4n) is 2.83. The van der Waals surface area contributed by atoms with Crippen LogP contribution in [0.3, 0.4) is 0 Å². The first kappa shape index (κ1) is 15.1. The van der Waals surface area contributed by atoms with Crippen molar-refractivity contribution < 1.29 is 9.53 Å². The number of unbranched alkanes of at least 4 members (excludes halogenated alkanes) is 6. The molecular formula is C18H26O2. The van der Waals surface area contributed by atoms with Crippen molar-refractivity contribution in [1.82, 2.24) is 0 Å². The van der Waals surface area contributed by atoms with Gasteiger partial charge in [0.05, 0.1) is 6.61 Å². The fraction of sp³-hybridized carbons (Fsp3) is 0.611. The maximum atomic E-state index is 11.7. The lowest BCUT2D eigenvalue weighted by atomic mass is 10.1. The Bertz CT molecular complexity index is 437. The van der Waals surface area contributed by atoms with Crippen molar-refractivity contribution in [3.8, 4) is 5.75 Å². The van der Waals surface area contributed by atoms with E-state index in [1.54, 1.807) is 0 Å². The summed E-state index contributed by atoms with van der Waals surface area (Å²) in [6, 6.07) is 5.85. The number of rotatable bonds is 9. The minimum atomic E-state index is 0.265. The van der Waals surface area contributed by atoms with Crippen LogP contribution in [0.4, 0.5) is 0 Å². The molecule has 20 heavy (non-hydrogen) atoms. The maximum Gasteiger partial charge on any atom is 0.163 e. The minimum Gasteiger partial charge on any atom is -0.493 e. The molecule has 2 rings (SSSR count). The quantitative estimate of drug-likeness (QED) is 0.596. The summed E-state index contributed by atoms with van der Waals surface area (Å²) in [6.45, 7) is 3.02. The van der Waals surface area contributed by atoms with Crippen LogP contribution in [0.15, 0.2) is 18.2 Å². The topological polar surface area (TPSA) is 26.3 Å². The number of ketones is 1. The van der Waals surface area contributed by atoms with Gasteiger partial charge in [0, 0.05) is 17.5 Å². The van der Waals surface area contributed by atoms with Crippen LogP contribution in [0.2, 0.25) is 0 Å². The lowest BCUT2D eigenvalue weighted by Crippen LogP contribution is -2.00. The molecule has 0 spiro atoms. The molecule has 0 aliphatic heterocycles. The molecule has 2 nitrogen and oxygen atoms in total. The first-order valence-corrected chi connectivity index (χ1v) is 8.11. The van der Waals surface area contributed by atoms with E-state index < -0.39 is 0 Å². The van der Waals surface area contributed by atoms with Gasteiger partial charge in [-0.05, 0) is 18.9 Å². The number of hydrogen-bond acceptors (Lipinski definition) is 2. The molecular weight excluding hydrogens is 248 g/mol. The number of fused-ring (bicyclic) bond motifs is 1. The summed E-state index contributed by atoms with van der Waals surface area (Å²) in [7, 11) is 0. The van der Waals surface area contributed by atoms with E-state index in [-0.39, 0.29) is 5.78 Å². The van der Waals surface area contributed by atoms with E-state index >= 15 is 0 Å². The fourth-order valence-corrected chi connectivity index (χ4v) is 2.83. The average molecular weight is 274 g/mol. The Hall–Kier alpha value is -1.31. The highest BCUT2D eigenvalue weighted by Crippen LogP contribution is 2.30. The summed E-state index contributed by atoms with van der Waals surface area (Å²) in [5.74, 6) is 1.20. The van der Waals surface area contributed by atoms with Crippen molar-refractivity contribution in [1.29, 1.82) is 0 Å². The van der Waals surface area contributed by atoms with Gasteiger partial charge in [0.2, 0.25) is 0 Å². The third-order valence-electron chi connectivity index (χ3n) is 4.04. The van der Waals surface area contributed by atoms with E-state index in [1.807, 2.05) is 18.2 Å². The summed E-state index contributed by atoms with van der Waals surface area (Å²) in [6.07, 6.45) is 10.6. The molecule has 0 saturated heterocycles. The van der Waals surface area contributed by atoms with E-state index in [9.17, 15) is 4.79 Å². The Labute approximate surface area is 122 Å². The van der Waals surface area contributed by atoms with Gasteiger partial charge in [-0.1, -0.05) is 57.6 Å². The van der Waals surface area contributed by atoms with Gasteiger partial charge >= 0.3 is 0 Å². The molecule has 0 saturated carbocycles. The largest absolute Gasteiger partial charge is 0.493 e. The second-order valence-corrected chi connectivity index (χ2v) is 5.68. The van der Waals surface area contributed by atoms with Gasteiger partial charge in [-0.25, -0.2) is 0 Å². The normalized spacial score (nSPS) is 13.6. The van der Waals surface area contributed by atoms with Crippen LogP contribution in [-0.2, 0) is 6.42 Å². The summed E-state index contributed by atoms with van der Waals surface area (Å²) < 4.78 is 5.87. The summed E-state index contributed by atoms with van der Waals surface area (Å²) in [5, 5.41) is 0. The zero-order valence-electron chi connectivity index (χ0n) is 12.6. The van der Waals surface area contributed by atoms with Crippen LogP contribution in [0.1, 0.15) is 74.2 Å².